The van der Waals surface area contributed by atoms with E-state index in [-0.39, 0.29) is 18.1 Å². The number of rotatable bonds is 5. The van der Waals surface area contributed by atoms with E-state index in [0.29, 0.717) is 6.42 Å². The van der Waals surface area contributed by atoms with Gasteiger partial charge in [-0.2, -0.15) is 0 Å². The SMILES string of the molecule is CC1(NC(=O)CCCCO)CC1. The summed E-state index contributed by atoms with van der Waals surface area (Å²) < 4.78 is 0. The van der Waals surface area contributed by atoms with Crippen LogP contribution in [0.2, 0.25) is 0 Å². The minimum Gasteiger partial charge on any atom is -0.396 e. The number of aliphatic hydroxyl groups excluding tert-OH is 1. The fourth-order valence-corrected chi connectivity index (χ4v) is 1.11. The molecule has 1 saturated carbocycles. The zero-order valence-corrected chi connectivity index (χ0v) is 7.60. The zero-order chi connectivity index (χ0) is 9.03. The van der Waals surface area contributed by atoms with Gasteiger partial charge in [0.05, 0.1) is 0 Å². The second-order valence-corrected chi connectivity index (χ2v) is 3.79. The van der Waals surface area contributed by atoms with E-state index in [1.54, 1.807) is 0 Å². The summed E-state index contributed by atoms with van der Waals surface area (Å²) >= 11 is 0. The van der Waals surface area contributed by atoms with Crippen LogP contribution in [0.25, 0.3) is 0 Å². The van der Waals surface area contributed by atoms with Crippen LogP contribution in [0.1, 0.15) is 39.0 Å². The number of carbonyl (C=O) groups is 1. The van der Waals surface area contributed by atoms with Gasteiger partial charge in [-0.25, -0.2) is 0 Å². The second-order valence-electron chi connectivity index (χ2n) is 3.79. The van der Waals surface area contributed by atoms with Crippen LogP contribution < -0.4 is 5.32 Å². The van der Waals surface area contributed by atoms with E-state index >= 15 is 0 Å². The van der Waals surface area contributed by atoms with Crippen LogP contribution in [0.15, 0.2) is 0 Å². The van der Waals surface area contributed by atoms with Crippen LogP contribution >= 0.6 is 0 Å². The van der Waals surface area contributed by atoms with Crippen molar-refractivity contribution in [2.24, 2.45) is 0 Å². The topological polar surface area (TPSA) is 49.3 Å². The van der Waals surface area contributed by atoms with Gasteiger partial charge in [0.25, 0.3) is 0 Å². The van der Waals surface area contributed by atoms with Crippen LogP contribution in [-0.4, -0.2) is 23.2 Å². The Morgan fingerprint density at radius 3 is 2.67 bits per heavy atom. The standard InChI is InChI=1S/C9H17NO2/c1-9(5-6-9)10-8(12)4-2-3-7-11/h11H,2-7H2,1H3,(H,10,12). The van der Waals surface area contributed by atoms with Crippen molar-refractivity contribution in [3.8, 4) is 0 Å². The van der Waals surface area contributed by atoms with Crippen molar-refractivity contribution in [2.75, 3.05) is 6.61 Å². The molecule has 0 radical (unpaired) electrons. The molecule has 3 nitrogen and oxygen atoms in total. The summed E-state index contributed by atoms with van der Waals surface area (Å²) in [7, 11) is 0. The number of hydrogen-bond acceptors (Lipinski definition) is 2. The Morgan fingerprint density at radius 1 is 1.50 bits per heavy atom. The van der Waals surface area contributed by atoms with E-state index in [9.17, 15) is 4.79 Å². The average molecular weight is 171 g/mol. The van der Waals surface area contributed by atoms with E-state index in [0.717, 1.165) is 25.7 Å². The summed E-state index contributed by atoms with van der Waals surface area (Å²) in [5.41, 5.74) is 0.107. The van der Waals surface area contributed by atoms with Gasteiger partial charge in [0.1, 0.15) is 0 Å². The lowest BCUT2D eigenvalue weighted by Crippen LogP contribution is -2.33. The number of nitrogens with one attached hydrogen (secondary N) is 1. The Kier molecular flexibility index (Phi) is 3.09. The predicted molar refractivity (Wildman–Crippen MR) is 46.7 cm³/mol. The minimum absolute atomic E-state index is 0.107. The van der Waals surface area contributed by atoms with E-state index in [4.69, 9.17) is 5.11 Å². The highest BCUT2D eigenvalue weighted by Crippen LogP contribution is 2.34. The highest BCUT2D eigenvalue weighted by atomic mass is 16.2. The molecule has 0 aromatic carbocycles. The molecule has 12 heavy (non-hydrogen) atoms. The lowest BCUT2D eigenvalue weighted by atomic mass is 10.2. The molecule has 0 aliphatic heterocycles. The van der Waals surface area contributed by atoms with Crippen molar-refractivity contribution < 1.29 is 9.90 Å². The summed E-state index contributed by atoms with van der Waals surface area (Å²) in [6.45, 7) is 2.25. The smallest absolute Gasteiger partial charge is 0.220 e. The number of unbranched alkanes of at least 4 members (excludes halogenated alkanes) is 1. The van der Waals surface area contributed by atoms with Gasteiger partial charge >= 0.3 is 0 Å². The molecule has 0 bridgehead atoms. The molecule has 1 amide bonds. The number of aliphatic hydroxyl groups is 1. The Bertz CT molecular complexity index is 164. The quantitative estimate of drug-likeness (QED) is 0.602. The summed E-state index contributed by atoms with van der Waals surface area (Å²) in [5, 5.41) is 11.5. The maximum atomic E-state index is 11.2. The molecule has 0 atom stereocenters. The first-order valence-electron chi connectivity index (χ1n) is 4.58. The average Bonchev–Trinajstić information content (AvgIpc) is 2.68. The van der Waals surface area contributed by atoms with Crippen molar-refractivity contribution in [2.45, 2.75) is 44.6 Å². The molecule has 0 aromatic heterocycles. The third kappa shape index (κ3) is 3.22. The van der Waals surface area contributed by atoms with Crippen molar-refractivity contribution in [3.63, 3.8) is 0 Å². The predicted octanol–water partition coefficient (Wildman–Crippen LogP) is 0.818. The van der Waals surface area contributed by atoms with E-state index in [1.807, 2.05) is 0 Å². The monoisotopic (exact) mass is 171 g/mol. The molecule has 2 N–H and O–H groups in total. The molecule has 0 aromatic rings. The molecule has 1 aliphatic carbocycles. The summed E-state index contributed by atoms with van der Waals surface area (Å²) in [5.74, 6) is 0.128. The lowest BCUT2D eigenvalue weighted by molar-refractivity contribution is -0.122. The summed E-state index contributed by atoms with van der Waals surface area (Å²) in [4.78, 5) is 11.2. The van der Waals surface area contributed by atoms with Crippen LogP contribution in [0, 0.1) is 0 Å². The van der Waals surface area contributed by atoms with Gasteiger partial charge in [-0.1, -0.05) is 0 Å². The van der Waals surface area contributed by atoms with Gasteiger partial charge in [0, 0.05) is 18.6 Å². The van der Waals surface area contributed by atoms with Crippen molar-refractivity contribution >= 4 is 5.91 Å². The third-order valence-corrected chi connectivity index (χ3v) is 2.25. The molecule has 0 unspecified atom stereocenters. The van der Waals surface area contributed by atoms with Crippen LogP contribution in [0.4, 0.5) is 0 Å². The first-order valence-corrected chi connectivity index (χ1v) is 4.58. The summed E-state index contributed by atoms with van der Waals surface area (Å²) in [6.07, 6.45) is 4.29. The maximum absolute atomic E-state index is 11.2. The molecule has 0 saturated heterocycles. The highest BCUT2D eigenvalue weighted by Gasteiger charge is 2.38. The lowest BCUT2D eigenvalue weighted by Gasteiger charge is -2.10. The molecule has 1 rings (SSSR count). The van der Waals surface area contributed by atoms with E-state index in [1.165, 1.54) is 0 Å². The highest BCUT2D eigenvalue weighted by molar-refractivity contribution is 5.77. The molecule has 1 fully saturated rings. The number of carbonyl (C=O) groups excluding carboxylic acids is 1. The molecule has 1 aliphatic rings. The van der Waals surface area contributed by atoms with Gasteiger partial charge in [0.15, 0.2) is 0 Å². The van der Waals surface area contributed by atoms with Gasteiger partial charge in [-0.15, -0.1) is 0 Å². The fourth-order valence-electron chi connectivity index (χ4n) is 1.11. The molecular formula is C9H17NO2. The second kappa shape index (κ2) is 3.90. The first kappa shape index (κ1) is 9.52. The Balaban J connectivity index is 2.04. The van der Waals surface area contributed by atoms with Crippen molar-refractivity contribution in [1.82, 2.24) is 5.32 Å². The van der Waals surface area contributed by atoms with Crippen molar-refractivity contribution in [3.05, 3.63) is 0 Å². The Labute approximate surface area is 73.2 Å². The molecular weight excluding hydrogens is 154 g/mol. The van der Waals surface area contributed by atoms with E-state index in [2.05, 4.69) is 12.2 Å². The zero-order valence-electron chi connectivity index (χ0n) is 7.60. The maximum Gasteiger partial charge on any atom is 0.220 e. The van der Waals surface area contributed by atoms with Crippen LogP contribution in [0.5, 0.6) is 0 Å². The van der Waals surface area contributed by atoms with Gasteiger partial charge < -0.3 is 10.4 Å². The van der Waals surface area contributed by atoms with Gasteiger partial charge in [-0.05, 0) is 32.6 Å². The molecule has 0 heterocycles. The normalized spacial score (nSPS) is 18.8. The van der Waals surface area contributed by atoms with Crippen LogP contribution in [0.3, 0.4) is 0 Å². The molecule has 70 valence electrons. The fraction of sp³-hybridized carbons (Fsp3) is 0.889. The van der Waals surface area contributed by atoms with Gasteiger partial charge in [0.2, 0.25) is 5.91 Å². The Hall–Kier alpha value is -0.570. The Morgan fingerprint density at radius 2 is 2.17 bits per heavy atom. The van der Waals surface area contributed by atoms with Gasteiger partial charge in [-0.3, -0.25) is 4.79 Å². The van der Waals surface area contributed by atoms with Crippen molar-refractivity contribution in [1.29, 1.82) is 0 Å². The largest absolute Gasteiger partial charge is 0.396 e. The summed E-state index contributed by atoms with van der Waals surface area (Å²) in [6, 6.07) is 0. The molecule has 3 heteroatoms. The van der Waals surface area contributed by atoms with Crippen LogP contribution in [-0.2, 0) is 4.79 Å². The van der Waals surface area contributed by atoms with E-state index < -0.39 is 0 Å². The first-order chi connectivity index (χ1) is 5.66. The third-order valence-electron chi connectivity index (χ3n) is 2.25. The number of amides is 1. The molecule has 0 spiro atoms. The minimum atomic E-state index is 0.107. The number of hydrogen-bond donors (Lipinski definition) is 2.